The van der Waals surface area contributed by atoms with E-state index in [1.165, 1.54) is 0 Å². The molecule has 0 unspecified atom stereocenters. The summed E-state index contributed by atoms with van der Waals surface area (Å²) >= 11 is 6.42. The van der Waals surface area contributed by atoms with E-state index in [4.69, 9.17) is 36.0 Å². The van der Waals surface area contributed by atoms with Crippen LogP contribution in [-0.2, 0) is 6.54 Å². The van der Waals surface area contributed by atoms with E-state index in [-0.39, 0.29) is 12.1 Å². The maximum Gasteiger partial charge on any atom is 0.265 e. The Hall–Kier alpha value is -4.43. The predicted molar refractivity (Wildman–Crippen MR) is 144 cm³/mol. The molecule has 6 aromatic rings. The van der Waals surface area contributed by atoms with Crippen LogP contribution in [0, 0.1) is 6.92 Å². The molecule has 0 spiro atoms. The zero-order valence-electron chi connectivity index (χ0n) is 20.4. The number of nitrogens with zero attached hydrogens (tertiary/aromatic N) is 5. The maximum atomic E-state index is 14.1. The van der Waals surface area contributed by atoms with Crippen LogP contribution in [0.1, 0.15) is 11.4 Å². The van der Waals surface area contributed by atoms with E-state index in [2.05, 4.69) is 0 Å². The number of para-hydroxylation sites is 2. The molecule has 0 aliphatic carbocycles. The lowest BCUT2D eigenvalue weighted by molar-refractivity contribution is 0.402. The van der Waals surface area contributed by atoms with Gasteiger partial charge in [0.1, 0.15) is 28.2 Å². The van der Waals surface area contributed by atoms with Gasteiger partial charge in [-0.15, -0.1) is 0 Å². The highest BCUT2D eigenvalue weighted by Crippen LogP contribution is 2.35. The zero-order chi connectivity index (χ0) is 25.7. The SMILES string of the molecule is COc1ccc(OC)c(-n2c3nc4ccccc4nc3c3c(=O)n(Cc4ccccc4Cl)c(C)nc32)c1. The number of methoxy groups -OCH3 is 2. The molecule has 0 bridgehead atoms. The second-order valence-corrected chi connectivity index (χ2v) is 9.01. The van der Waals surface area contributed by atoms with Crippen molar-refractivity contribution in [1.29, 1.82) is 0 Å². The number of fused-ring (bicyclic) bond motifs is 4. The van der Waals surface area contributed by atoms with Gasteiger partial charge < -0.3 is 9.47 Å². The van der Waals surface area contributed by atoms with Crippen LogP contribution < -0.4 is 15.0 Å². The van der Waals surface area contributed by atoms with Gasteiger partial charge in [0.2, 0.25) is 0 Å². The molecule has 3 heterocycles. The summed E-state index contributed by atoms with van der Waals surface area (Å²) in [5.74, 6) is 1.74. The Morgan fingerprint density at radius 2 is 1.59 bits per heavy atom. The highest BCUT2D eigenvalue weighted by molar-refractivity contribution is 6.31. The molecule has 37 heavy (non-hydrogen) atoms. The molecule has 0 amide bonds. The van der Waals surface area contributed by atoms with Gasteiger partial charge in [0, 0.05) is 11.1 Å². The standard InChI is InChI=1S/C28H22ClN5O3/c1-16-30-26-24(28(35)33(16)15-17-8-4-5-9-19(17)29)25-27(32-21-11-7-6-10-20(21)31-25)34(26)22-14-18(36-2)12-13-23(22)37-3/h4-14H,15H2,1-3H3. The van der Waals surface area contributed by atoms with Gasteiger partial charge in [-0.05, 0) is 42.8 Å². The van der Waals surface area contributed by atoms with Crippen molar-refractivity contribution in [2.24, 2.45) is 0 Å². The highest BCUT2D eigenvalue weighted by atomic mass is 35.5. The van der Waals surface area contributed by atoms with Crippen molar-refractivity contribution in [2.75, 3.05) is 14.2 Å². The van der Waals surface area contributed by atoms with Crippen molar-refractivity contribution < 1.29 is 9.47 Å². The van der Waals surface area contributed by atoms with Gasteiger partial charge in [0.25, 0.3) is 5.56 Å². The molecule has 8 nitrogen and oxygen atoms in total. The van der Waals surface area contributed by atoms with E-state index in [1.807, 2.05) is 71.3 Å². The molecule has 6 rings (SSSR count). The van der Waals surface area contributed by atoms with Crippen molar-refractivity contribution in [3.05, 3.63) is 93.5 Å². The van der Waals surface area contributed by atoms with Gasteiger partial charge >= 0.3 is 0 Å². The third-order valence-corrected chi connectivity index (χ3v) is 6.84. The molecule has 3 aromatic heterocycles. The summed E-state index contributed by atoms with van der Waals surface area (Å²) < 4.78 is 14.6. The van der Waals surface area contributed by atoms with Crippen LogP contribution in [0.2, 0.25) is 5.02 Å². The van der Waals surface area contributed by atoms with E-state index >= 15 is 0 Å². The molecule has 9 heteroatoms. The van der Waals surface area contributed by atoms with E-state index < -0.39 is 0 Å². The highest BCUT2D eigenvalue weighted by Gasteiger charge is 2.24. The molecule has 0 fully saturated rings. The molecule has 0 N–H and O–H groups in total. The first-order valence-corrected chi connectivity index (χ1v) is 12.0. The lowest BCUT2D eigenvalue weighted by atomic mass is 10.2. The number of halogens is 1. The van der Waals surface area contributed by atoms with Crippen LogP contribution in [0.5, 0.6) is 11.5 Å². The van der Waals surface area contributed by atoms with Gasteiger partial charge in [0.05, 0.1) is 37.5 Å². The Kier molecular flexibility index (Phi) is 5.53. The molecule has 3 aromatic carbocycles. The lowest BCUT2D eigenvalue weighted by Crippen LogP contribution is -2.24. The Morgan fingerprint density at radius 1 is 0.865 bits per heavy atom. The molecule has 0 saturated heterocycles. The number of ether oxygens (including phenoxy) is 2. The first kappa shape index (κ1) is 23.0. The lowest BCUT2D eigenvalue weighted by Gasteiger charge is -2.14. The fourth-order valence-corrected chi connectivity index (χ4v) is 4.81. The first-order valence-electron chi connectivity index (χ1n) is 11.6. The van der Waals surface area contributed by atoms with Crippen LogP contribution in [0.3, 0.4) is 0 Å². The number of aryl methyl sites for hydroxylation is 1. The van der Waals surface area contributed by atoms with Crippen LogP contribution in [0.15, 0.2) is 71.5 Å². The third kappa shape index (κ3) is 3.68. The van der Waals surface area contributed by atoms with Crippen molar-refractivity contribution in [3.8, 4) is 17.2 Å². The number of rotatable bonds is 5. The molecule has 0 aliphatic rings. The maximum absolute atomic E-state index is 14.1. The van der Waals surface area contributed by atoms with Crippen molar-refractivity contribution in [1.82, 2.24) is 24.1 Å². The summed E-state index contributed by atoms with van der Waals surface area (Å²) in [6.07, 6.45) is 0. The minimum absolute atomic E-state index is 0.224. The summed E-state index contributed by atoms with van der Waals surface area (Å²) in [6, 6.07) is 20.5. The van der Waals surface area contributed by atoms with E-state index in [0.717, 1.165) is 5.56 Å². The average Bonchev–Trinajstić information content (AvgIpc) is 3.22. The van der Waals surface area contributed by atoms with E-state index in [9.17, 15) is 4.79 Å². The Morgan fingerprint density at radius 3 is 2.32 bits per heavy atom. The summed E-state index contributed by atoms with van der Waals surface area (Å²) in [6.45, 7) is 2.09. The quantitative estimate of drug-likeness (QED) is 0.312. The van der Waals surface area contributed by atoms with Crippen molar-refractivity contribution in [2.45, 2.75) is 13.5 Å². The molecular weight excluding hydrogens is 490 g/mol. The van der Waals surface area contributed by atoms with E-state index in [1.54, 1.807) is 25.7 Å². The minimum atomic E-state index is -0.224. The molecule has 184 valence electrons. The summed E-state index contributed by atoms with van der Waals surface area (Å²) in [7, 11) is 3.19. The van der Waals surface area contributed by atoms with Crippen LogP contribution in [-0.4, -0.2) is 38.3 Å². The number of hydrogen-bond donors (Lipinski definition) is 0. The van der Waals surface area contributed by atoms with Crippen molar-refractivity contribution in [3.63, 3.8) is 0 Å². The molecule has 0 saturated carbocycles. The van der Waals surface area contributed by atoms with Gasteiger partial charge in [0.15, 0.2) is 11.3 Å². The molecular formula is C28H22ClN5O3. The normalized spacial score (nSPS) is 11.5. The van der Waals surface area contributed by atoms with Gasteiger partial charge in [-0.1, -0.05) is 41.9 Å². The first-order chi connectivity index (χ1) is 18.0. The largest absolute Gasteiger partial charge is 0.497 e. The number of benzene rings is 3. The molecule has 0 radical (unpaired) electrons. The smallest absolute Gasteiger partial charge is 0.265 e. The Bertz CT molecular complexity index is 1890. The summed E-state index contributed by atoms with van der Waals surface area (Å²) in [5.41, 5.74) is 4.03. The van der Waals surface area contributed by atoms with Crippen LogP contribution >= 0.6 is 11.6 Å². The van der Waals surface area contributed by atoms with Gasteiger partial charge in [-0.25, -0.2) is 15.0 Å². The number of hydrogen-bond acceptors (Lipinski definition) is 6. The fraction of sp³-hybridized carbons (Fsp3) is 0.143. The topological polar surface area (TPSA) is 84.1 Å². The summed E-state index contributed by atoms with van der Waals surface area (Å²) in [4.78, 5) is 28.8. The predicted octanol–water partition coefficient (Wildman–Crippen LogP) is 5.31. The monoisotopic (exact) mass is 511 g/mol. The number of aromatic nitrogens is 5. The van der Waals surface area contributed by atoms with Crippen molar-refractivity contribution >= 4 is 44.8 Å². The second kappa shape index (κ2) is 8.90. The molecule has 0 aliphatic heterocycles. The fourth-order valence-electron chi connectivity index (χ4n) is 4.61. The summed E-state index contributed by atoms with van der Waals surface area (Å²) in [5, 5.41) is 0.957. The third-order valence-electron chi connectivity index (χ3n) is 6.47. The molecule has 0 atom stereocenters. The van der Waals surface area contributed by atoms with Crippen LogP contribution in [0.4, 0.5) is 0 Å². The second-order valence-electron chi connectivity index (χ2n) is 8.60. The Balaban J connectivity index is 1.75. The van der Waals surface area contributed by atoms with Gasteiger partial charge in [-0.2, -0.15) is 0 Å². The Labute approximate surface area is 216 Å². The van der Waals surface area contributed by atoms with E-state index in [0.29, 0.717) is 61.3 Å². The average molecular weight is 512 g/mol. The minimum Gasteiger partial charge on any atom is -0.497 e. The van der Waals surface area contributed by atoms with Gasteiger partial charge in [-0.3, -0.25) is 13.9 Å². The van der Waals surface area contributed by atoms with Crippen LogP contribution in [0.25, 0.3) is 38.9 Å². The zero-order valence-corrected chi connectivity index (χ0v) is 21.2.